The van der Waals surface area contributed by atoms with E-state index in [1.165, 1.54) is 5.56 Å². The molecule has 0 saturated carbocycles. The fourth-order valence-electron chi connectivity index (χ4n) is 3.18. The highest BCUT2D eigenvalue weighted by molar-refractivity contribution is 5.79. The summed E-state index contributed by atoms with van der Waals surface area (Å²) in [6.07, 6.45) is 0. The molecule has 3 rings (SSSR count). The van der Waals surface area contributed by atoms with Gasteiger partial charge in [-0.2, -0.15) is 0 Å². The predicted molar refractivity (Wildman–Crippen MR) is 107 cm³/mol. The molecular formula is C20H32N4O3. The van der Waals surface area contributed by atoms with Gasteiger partial charge in [0.05, 0.1) is 19.8 Å². The van der Waals surface area contributed by atoms with E-state index in [9.17, 15) is 0 Å². The number of guanidine groups is 1. The van der Waals surface area contributed by atoms with Crippen molar-refractivity contribution in [2.45, 2.75) is 26.2 Å². The summed E-state index contributed by atoms with van der Waals surface area (Å²) in [5, 5.41) is 6.78. The van der Waals surface area contributed by atoms with Gasteiger partial charge in [0.15, 0.2) is 17.5 Å². The summed E-state index contributed by atoms with van der Waals surface area (Å²) >= 11 is 0. The minimum Gasteiger partial charge on any atom is -0.454 e. The Kier molecular flexibility index (Phi) is 6.79. The number of ether oxygens (including phenoxy) is 3. The number of nitrogens with zero attached hydrogens (tertiary/aromatic N) is 2. The van der Waals surface area contributed by atoms with Crippen molar-refractivity contribution in [2.24, 2.45) is 4.99 Å². The lowest BCUT2D eigenvalue weighted by atomic mass is 9.84. The second-order valence-corrected chi connectivity index (χ2v) is 7.53. The quantitative estimate of drug-likeness (QED) is 0.556. The first-order chi connectivity index (χ1) is 13.1. The fraction of sp³-hybridized carbons (Fsp3) is 0.650. The Morgan fingerprint density at radius 3 is 2.70 bits per heavy atom. The van der Waals surface area contributed by atoms with Crippen molar-refractivity contribution in [3.05, 3.63) is 23.8 Å². The van der Waals surface area contributed by atoms with Gasteiger partial charge in [-0.15, -0.1) is 0 Å². The Labute approximate surface area is 162 Å². The van der Waals surface area contributed by atoms with E-state index in [0.717, 1.165) is 63.4 Å². The van der Waals surface area contributed by atoms with Crippen LogP contribution in [0.4, 0.5) is 0 Å². The third kappa shape index (κ3) is 5.49. The van der Waals surface area contributed by atoms with Crippen molar-refractivity contribution in [3.8, 4) is 11.5 Å². The van der Waals surface area contributed by atoms with E-state index in [-0.39, 0.29) is 5.41 Å². The van der Waals surface area contributed by atoms with E-state index in [1.807, 2.05) is 6.07 Å². The molecular weight excluding hydrogens is 344 g/mol. The third-order valence-corrected chi connectivity index (χ3v) is 4.95. The fourth-order valence-corrected chi connectivity index (χ4v) is 3.18. The zero-order valence-corrected chi connectivity index (χ0v) is 16.7. The average Bonchev–Trinajstić information content (AvgIpc) is 3.15. The predicted octanol–water partition coefficient (Wildman–Crippen LogP) is 1.58. The summed E-state index contributed by atoms with van der Waals surface area (Å²) in [6.45, 7) is 13.9. The molecule has 150 valence electrons. The zero-order valence-electron chi connectivity index (χ0n) is 16.7. The molecule has 0 amide bonds. The molecule has 2 heterocycles. The van der Waals surface area contributed by atoms with E-state index in [0.29, 0.717) is 13.3 Å². The van der Waals surface area contributed by atoms with Crippen LogP contribution in [0.25, 0.3) is 0 Å². The Balaban J connectivity index is 1.55. The number of nitrogens with one attached hydrogen (secondary N) is 2. The monoisotopic (exact) mass is 376 g/mol. The lowest BCUT2D eigenvalue weighted by molar-refractivity contribution is 0.0389. The van der Waals surface area contributed by atoms with Gasteiger partial charge in [0.1, 0.15) is 0 Å². The van der Waals surface area contributed by atoms with E-state index in [2.05, 4.69) is 48.4 Å². The van der Waals surface area contributed by atoms with Gasteiger partial charge < -0.3 is 24.8 Å². The van der Waals surface area contributed by atoms with Gasteiger partial charge in [-0.05, 0) is 24.6 Å². The molecule has 1 saturated heterocycles. The number of hydrogen-bond acceptors (Lipinski definition) is 5. The molecule has 1 fully saturated rings. The van der Waals surface area contributed by atoms with Gasteiger partial charge in [-0.1, -0.05) is 19.9 Å². The molecule has 0 bridgehead atoms. The van der Waals surface area contributed by atoms with Crippen molar-refractivity contribution in [3.63, 3.8) is 0 Å². The van der Waals surface area contributed by atoms with Crippen LogP contribution < -0.4 is 20.1 Å². The number of morpholine rings is 1. The maximum Gasteiger partial charge on any atom is 0.231 e. The summed E-state index contributed by atoms with van der Waals surface area (Å²) in [5.74, 6) is 2.50. The van der Waals surface area contributed by atoms with Gasteiger partial charge in [0.2, 0.25) is 6.79 Å². The Morgan fingerprint density at radius 1 is 1.15 bits per heavy atom. The molecule has 1 aromatic carbocycles. The zero-order chi connectivity index (χ0) is 19.1. The molecule has 0 atom stereocenters. The number of fused-ring (bicyclic) bond motifs is 1. The van der Waals surface area contributed by atoms with Crippen LogP contribution in [0.2, 0.25) is 0 Å². The molecule has 0 aliphatic carbocycles. The molecule has 0 aromatic heterocycles. The van der Waals surface area contributed by atoms with Crippen molar-refractivity contribution in [2.75, 3.05) is 59.3 Å². The standard InChI is InChI=1S/C20H32N4O3/c1-4-21-19(22-7-8-24-9-11-25-12-10-24)23-14-20(2,3)16-5-6-17-18(13-16)27-15-26-17/h5-6,13H,4,7-12,14-15H2,1-3H3,(H2,21,22,23). The van der Waals surface area contributed by atoms with Crippen LogP contribution in [0, 0.1) is 0 Å². The Hall–Kier alpha value is -1.99. The molecule has 27 heavy (non-hydrogen) atoms. The number of aliphatic imine (C=N–C) groups is 1. The van der Waals surface area contributed by atoms with Crippen LogP contribution >= 0.6 is 0 Å². The largest absolute Gasteiger partial charge is 0.454 e. The Morgan fingerprint density at radius 2 is 1.93 bits per heavy atom. The molecule has 0 unspecified atom stereocenters. The van der Waals surface area contributed by atoms with Crippen molar-refractivity contribution in [1.82, 2.24) is 15.5 Å². The van der Waals surface area contributed by atoms with Crippen LogP contribution in [-0.2, 0) is 10.2 Å². The van der Waals surface area contributed by atoms with E-state index >= 15 is 0 Å². The topological polar surface area (TPSA) is 67.4 Å². The molecule has 2 aliphatic heterocycles. The molecule has 0 radical (unpaired) electrons. The normalized spacial score (nSPS) is 17.8. The maximum atomic E-state index is 5.51. The highest BCUT2D eigenvalue weighted by atomic mass is 16.7. The first kappa shape index (κ1) is 19.8. The lowest BCUT2D eigenvalue weighted by Gasteiger charge is -2.27. The minimum absolute atomic E-state index is 0.104. The molecule has 7 heteroatoms. The van der Waals surface area contributed by atoms with Crippen LogP contribution in [0.5, 0.6) is 11.5 Å². The molecule has 7 nitrogen and oxygen atoms in total. The lowest BCUT2D eigenvalue weighted by Crippen LogP contribution is -2.44. The van der Waals surface area contributed by atoms with Crippen LogP contribution in [0.1, 0.15) is 26.3 Å². The van der Waals surface area contributed by atoms with Gasteiger partial charge in [-0.25, -0.2) is 0 Å². The van der Waals surface area contributed by atoms with Gasteiger partial charge >= 0.3 is 0 Å². The van der Waals surface area contributed by atoms with Crippen molar-refractivity contribution >= 4 is 5.96 Å². The Bertz CT molecular complexity index is 642. The molecule has 0 spiro atoms. The summed E-state index contributed by atoms with van der Waals surface area (Å²) < 4.78 is 16.3. The summed E-state index contributed by atoms with van der Waals surface area (Å²) in [5.41, 5.74) is 1.09. The highest BCUT2D eigenvalue weighted by Gasteiger charge is 2.24. The second-order valence-electron chi connectivity index (χ2n) is 7.53. The van der Waals surface area contributed by atoms with E-state index in [4.69, 9.17) is 19.2 Å². The smallest absolute Gasteiger partial charge is 0.231 e. The first-order valence-electron chi connectivity index (χ1n) is 9.81. The second kappa shape index (κ2) is 9.28. The van der Waals surface area contributed by atoms with Crippen LogP contribution in [-0.4, -0.2) is 70.1 Å². The van der Waals surface area contributed by atoms with Crippen LogP contribution in [0.15, 0.2) is 23.2 Å². The number of benzene rings is 1. The summed E-state index contributed by atoms with van der Waals surface area (Å²) in [4.78, 5) is 7.23. The van der Waals surface area contributed by atoms with Gasteiger partial charge in [0, 0.05) is 38.1 Å². The van der Waals surface area contributed by atoms with Crippen LogP contribution in [0.3, 0.4) is 0 Å². The number of rotatable bonds is 7. The summed E-state index contributed by atoms with van der Waals surface area (Å²) in [6, 6.07) is 6.15. The molecule has 2 N–H and O–H groups in total. The molecule has 2 aliphatic rings. The van der Waals surface area contributed by atoms with Gasteiger partial charge in [0.25, 0.3) is 0 Å². The van der Waals surface area contributed by atoms with Gasteiger partial charge in [-0.3, -0.25) is 9.89 Å². The minimum atomic E-state index is -0.104. The first-order valence-corrected chi connectivity index (χ1v) is 9.81. The summed E-state index contributed by atoms with van der Waals surface area (Å²) in [7, 11) is 0. The highest BCUT2D eigenvalue weighted by Crippen LogP contribution is 2.36. The third-order valence-electron chi connectivity index (χ3n) is 4.95. The van der Waals surface area contributed by atoms with Crippen molar-refractivity contribution < 1.29 is 14.2 Å². The molecule has 1 aromatic rings. The maximum absolute atomic E-state index is 5.51. The van der Waals surface area contributed by atoms with E-state index < -0.39 is 0 Å². The van der Waals surface area contributed by atoms with Crippen molar-refractivity contribution in [1.29, 1.82) is 0 Å². The SMILES string of the molecule is CCNC(=NCC(C)(C)c1ccc2c(c1)OCO2)NCCN1CCOCC1. The average molecular weight is 377 g/mol. The van der Waals surface area contributed by atoms with E-state index in [1.54, 1.807) is 0 Å². The number of hydrogen-bond donors (Lipinski definition) is 2.